The van der Waals surface area contributed by atoms with Gasteiger partial charge in [-0.05, 0) is 57.8 Å². The first-order chi connectivity index (χ1) is 23.2. The van der Waals surface area contributed by atoms with Gasteiger partial charge in [0.15, 0.2) is 0 Å². The lowest BCUT2D eigenvalue weighted by Gasteiger charge is -2.34. The molecule has 0 saturated carbocycles. The van der Waals surface area contributed by atoms with Gasteiger partial charge in [0.25, 0.3) is 0 Å². The first-order valence-electron chi connectivity index (χ1n) is 15.9. The number of para-hydroxylation sites is 1. The molecule has 0 bridgehead atoms. The normalized spacial score (nSPS) is 12.3. The van der Waals surface area contributed by atoms with E-state index >= 15 is 0 Å². The van der Waals surface area contributed by atoms with Crippen LogP contribution >= 0.6 is 8.16 Å². The predicted molar refractivity (Wildman–Crippen MR) is 196 cm³/mol. The van der Waals surface area contributed by atoms with Crippen LogP contribution in [0.3, 0.4) is 0 Å². The van der Waals surface area contributed by atoms with Crippen molar-refractivity contribution in [3.8, 4) is 5.75 Å². The monoisotopic (exact) mass is 631 g/mol. The molecular formula is C42H34NO3P. The Hall–Kier alpha value is -5.28. The van der Waals surface area contributed by atoms with Crippen molar-refractivity contribution in [3.05, 3.63) is 174 Å². The molecule has 0 saturated heterocycles. The molecule has 8 rings (SSSR count). The van der Waals surface area contributed by atoms with Crippen LogP contribution in [0.4, 0.5) is 0 Å². The Labute approximate surface area is 275 Å². The fourth-order valence-electron chi connectivity index (χ4n) is 6.83. The van der Waals surface area contributed by atoms with Crippen LogP contribution in [0.5, 0.6) is 5.75 Å². The molecule has 1 atom stereocenters. The average molecular weight is 632 g/mol. The number of methoxy groups -OCH3 is 1. The number of hydrogen-bond donors (Lipinski definition) is 0. The van der Waals surface area contributed by atoms with Gasteiger partial charge >= 0.3 is 8.16 Å². The maximum absolute atomic E-state index is 7.23. The van der Waals surface area contributed by atoms with Crippen LogP contribution in [0, 0.1) is 0 Å². The first kappa shape index (κ1) is 29.1. The highest BCUT2D eigenvalue weighted by Crippen LogP contribution is 2.50. The van der Waals surface area contributed by atoms with Gasteiger partial charge in [-0.25, -0.2) is 0 Å². The zero-order chi connectivity index (χ0) is 31.7. The Morgan fingerprint density at radius 1 is 0.532 bits per heavy atom. The third-order valence-electron chi connectivity index (χ3n) is 9.05. The molecule has 47 heavy (non-hydrogen) atoms. The fraction of sp³-hybridized carbons (Fsp3) is 0.0952. The third kappa shape index (κ3) is 5.26. The summed E-state index contributed by atoms with van der Waals surface area (Å²) in [6.07, 6.45) is 0. The zero-order valence-corrected chi connectivity index (χ0v) is 27.2. The summed E-state index contributed by atoms with van der Waals surface area (Å²) in [4.78, 5) is 0. The topological polar surface area (TPSA) is 38.8 Å². The van der Waals surface area contributed by atoms with Gasteiger partial charge in [-0.2, -0.15) is 4.67 Å². The number of nitrogens with zero attached hydrogens (tertiary/aromatic N) is 1. The summed E-state index contributed by atoms with van der Waals surface area (Å²) in [5.41, 5.74) is 4.97. The second-order valence-electron chi connectivity index (χ2n) is 11.8. The molecule has 0 N–H and O–H groups in total. The molecule has 4 nitrogen and oxygen atoms in total. The number of hydrogen-bond acceptors (Lipinski definition) is 4. The van der Waals surface area contributed by atoms with Gasteiger partial charge in [-0.3, -0.25) is 0 Å². The molecule has 1 heterocycles. The van der Waals surface area contributed by atoms with E-state index in [4.69, 9.17) is 13.1 Å². The minimum absolute atomic E-state index is 0.159. The quantitative estimate of drug-likeness (QED) is 0.175. The van der Waals surface area contributed by atoms with Gasteiger partial charge < -0.3 is 13.1 Å². The summed E-state index contributed by atoms with van der Waals surface area (Å²) in [5.74, 6) is 0.826. The summed E-state index contributed by atoms with van der Waals surface area (Å²) in [7, 11) is -0.00440. The van der Waals surface area contributed by atoms with E-state index in [1.165, 1.54) is 0 Å². The number of ether oxygens (including phenoxy) is 1. The minimum atomic E-state index is -1.74. The van der Waals surface area contributed by atoms with Crippen molar-refractivity contribution >= 4 is 51.6 Å². The molecule has 0 spiro atoms. The second-order valence-corrected chi connectivity index (χ2v) is 13.1. The standard InChI is InChI=1S/C42H34NO3P/c1-29(34-21-13-14-24-37(34)44-2)43(42(32-17-5-3-6-18-32)33-19-7-4-8-20-33)47-45-38-27-25-30-15-9-11-22-35(30)40(38)41-36-23-12-10-16-31(36)26-28-39(41)46-47/h3-29,42H,1-2H3/t29-/m0/s1. The lowest BCUT2D eigenvalue weighted by atomic mass is 9.96. The van der Waals surface area contributed by atoms with Crippen molar-refractivity contribution < 1.29 is 13.1 Å². The summed E-state index contributed by atoms with van der Waals surface area (Å²) in [6.45, 7) is 2.22. The Bertz CT molecular complexity index is 2250. The highest BCUT2D eigenvalue weighted by atomic mass is 31.1. The maximum atomic E-state index is 7.23. The minimum Gasteiger partial charge on any atom is -0.496 e. The molecule has 5 heteroatoms. The van der Waals surface area contributed by atoms with E-state index in [0.29, 0.717) is 0 Å². The van der Waals surface area contributed by atoms with Crippen LogP contribution in [0.25, 0.3) is 43.5 Å². The highest BCUT2D eigenvalue weighted by molar-refractivity contribution is 7.39. The van der Waals surface area contributed by atoms with Crippen LogP contribution in [0.2, 0.25) is 0 Å². The molecular weight excluding hydrogens is 597 g/mol. The molecule has 0 amide bonds. The molecule has 0 aliphatic rings. The zero-order valence-electron chi connectivity index (χ0n) is 26.3. The molecule has 1 aromatic heterocycles. The Balaban J connectivity index is 1.52. The van der Waals surface area contributed by atoms with Crippen LogP contribution in [-0.4, -0.2) is 7.11 Å². The van der Waals surface area contributed by atoms with E-state index in [1.807, 2.05) is 12.1 Å². The summed E-state index contributed by atoms with van der Waals surface area (Å²) >= 11 is 0. The van der Waals surface area contributed by atoms with Crippen molar-refractivity contribution in [1.29, 1.82) is 0 Å². The third-order valence-corrected chi connectivity index (χ3v) is 10.7. The van der Waals surface area contributed by atoms with E-state index in [2.05, 4.69) is 157 Å². The summed E-state index contributed by atoms with van der Waals surface area (Å²) in [6, 6.07) is 54.7. The molecule has 0 unspecified atom stereocenters. The van der Waals surface area contributed by atoms with Crippen molar-refractivity contribution in [3.63, 3.8) is 0 Å². The van der Waals surface area contributed by atoms with Crippen molar-refractivity contribution in [2.75, 3.05) is 11.8 Å². The van der Waals surface area contributed by atoms with E-state index in [0.717, 1.165) is 65.9 Å². The molecule has 0 fully saturated rings. The summed E-state index contributed by atoms with van der Waals surface area (Å²) < 4.78 is 22.8. The molecule has 0 aliphatic carbocycles. The van der Waals surface area contributed by atoms with Crippen LogP contribution in [0.1, 0.15) is 35.7 Å². The van der Waals surface area contributed by atoms with Gasteiger partial charge in [0.1, 0.15) is 16.9 Å². The van der Waals surface area contributed by atoms with Crippen LogP contribution in [0.15, 0.2) is 166 Å². The van der Waals surface area contributed by atoms with Crippen LogP contribution in [-0.2, 0) is 0 Å². The van der Waals surface area contributed by atoms with Gasteiger partial charge in [-0.15, -0.1) is 0 Å². The number of benzene rings is 7. The Morgan fingerprint density at radius 2 is 1.00 bits per heavy atom. The molecule has 0 aliphatic heterocycles. The van der Waals surface area contributed by atoms with Gasteiger partial charge in [0.2, 0.25) is 0 Å². The first-order valence-corrected chi connectivity index (χ1v) is 17.1. The summed E-state index contributed by atoms with van der Waals surface area (Å²) in [5, 5.41) is 6.70. The predicted octanol–water partition coefficient (Wildman–Crippen LogP) is 12.1. The maximum Gasteiger partial charge on any atom is 0.311 e. The van der Waals surface area contributed by atoms with E-state index < -0.39 is 8.16 Å². The molecule has 8 aromatic rings. The number of rotatable bonds is 7. The van der Waals surface area contributed by atoms with E-state index in [-0.39, 0.29) is 12.1 Å². The van der Waals surface area contributed by atoms with E-state index in [1.54, 1.807) is 7.11 Å². The smallest absolute Gasteiger partial charge is 0.311 e. The lowest BCUT2D eigenvalue weighted by molar-refractivity contribution is 0.405. The molecule has 230 valence electrons. The largest absolute Gasteiger partial charge is 0.496 e. The van der Waals surface area contributed by atoms with Gasteiger partial charge in [0.05, 0.1) is 13.2 Å². The lowest BCUT2D eigenvalue weighted by Crippen LogP contribution is -2.30. The number of fused-ring (bicyclic) bond motifs is 7. The molecule has 0 radical (unpaired) electrons. The van der Waals surface area contributed by atoms with Crippen molar-refractivity contribution in [2.24, 2.45) is 0 Å². The fourth-order valence-corrected chi connectivity index (χ4v) is 8.56. The Morgan fingerprint density at radius 3 is 1.53 bits per heavy atom. The van der Waals surface area contributed by atoms with Crippen LogP contribution < -0.4 is 9.41 Å². The highest BCUT2D eigenvalue weighted by Gasteiger charge is 2.34. The van der Waals surface area contributed by atoms with Gasteiger partial charge in [0, 0.05) is 22.4 Å². The van der Waals surface area contributed by atoms with E-state index in [9.17, 15) is 0 Å². The average Bonchev–Trinajstić information content (AvgIpc) is 3.31. The SMILES string of the molecule is COc1ccccc1[C@H](C)N(C(c1ccccc1)c1ccccc1)p1oc2ccc3ccccc3c2c2c(ccc3ccccc32)o1. The van der Waals surface area contributed by atoms with Crippen molar-refractivity contribution in [1.82, 2.24) is 0 Å². The second kappa shape index (κ2) is 12.5. The Kier molecular flexibility index (Phi) is 7.74. The van der Waals surface area contributed by atoms with Crippen molar-refractivity contribution in [2.45, 2.75) is 19.0 Å². The van der Waals surface area contributed by atoms with Gasteiger partial charge in [-0.1, -0.05) is 140 Å². The molecule has 7 aromatic carbocycles.